The van der Waals surface area contributed by atoms with Gasteiger partial charge in [0.25, 0.3) is 0 Å². The molecular formula is C21H13BrClN3O4S. The monoisotopic (exact) mass is 517 g/mol. The van der Waals surface area contributed by atoms with Gasteiger partial charge in [-0.05, 0) is 54.6 Å². The largest absolute Gasteiger partial charge is 0.478 e. The predicted octanol–water partition coefficient (Wildman–Crippen LogP) is 4.88. The molecule has 0 saturated carbocycles. The van der Waals surface area contributed by atoms with Crippen molar-refractivity contribution in [3.63, 3.8) is 0 Å². The first kappa shape index (κ1) is 21.2. The molecule has 0 atom stereocenters. The number of hydrogen-bond acceptors (Lipinski definition) is 5. The normalized spacial score (nSPS) is 11.4. The Labute approximate surface area is 191 Å². The molecule has 0 fully saturated rings. The molecule has 0 unspecified atom stereocenters. The maximum Gasteiger partial charge on any atom is 0.335 e. The van der Waals surface area contributed by atoms with E-state index >= 15 is 0 Å². The van der Waals surface area contributed by atoms with E-state index < -0.39 is 15.8 Å². The van der Waals surface area contributed by atoms with Crippen LogP contribution in [0.3, 0.4) is 0 Å². The molecule has 3 aromatic carbocycles. The molecule has 0 spiro atoms. The SMILES string of the molecule is O=C(O)c1cccc(-n2nnc(S(=O)(=O)c3ccc(Cl)cc3)c2-c2ccc(Br)cc2)c1. The summed E-state index contributed by atoms with van der Waals surface area (Å²) in [5, 5.41) is 17.5. The number of aromatic nitrogens is 3. The predicted molar refractivity (Wildman–Crippen MR) is 118 cm³/mol. The summed E-state index contributed by atoms with van der Waals surface area (Å²) in [6, 6.07) is 18.7. The Balaban J connectivity index is 1.97. The van der Waals surface area contributed by atoms with Crippen LogP contribution in [0.25, 0.3) is 16.9 Å². The minimum absolute atomic E-state index is 0.0154. The lowest BCUT2D eigenvalue weighted by Gasteiger charge is -2.10. The van der Waals surface area contributed by atoms with E-state index in [4.69, 9.17) is 11.6 Å². The highest BCUT2D eigenvalue weighted by molar-refractivity contribution is 9.10. The van der Waals surface area contributed by atoms with Gasteiger partial charge in [0.15, 0.2) is 0 Å². The summed E-state index contributed by atoms with van der Waals surface area (Å²) >= 11 is 9.26. The fraction of sp³-hybridized carbons (Fsp3) is 0. The molecule has 1 N–H and O–H groups in total. The number of nitrogens with zero attached hydrogens (tertiary/aromatic N) is 3. The van der Waals surface area contributed by atoms with Crippen molar-refractivity contribution in [2.75, 3.05) is 0 Å². The lowest BCUT2D eigenvalue weighted by molar-refractivity contribution is 0.0697. The van der Waals surface area contributed by atoms with E-state index in [2.05, 4.69) is 26.2 Å². The van der Waals surface area contributed by atoms with Crippen molar-refractivity contribution in [1.29, 1.82) is 0 Å². The van der Waals surface area contributed by atoms with E-state index in [1.807, 2.05) is 0 Å². The van der Waals surface area contributed by atoms with Crippen molar-refractivity contribution in [3.05, 3.63) is 87.9 Å². The zero-order valence-corrected chi connectivity index (χ0v) is 18.8. The first-order valence-corrected chi connectivity index (χ1v) is 11.5. The van der Waals surface area contributed by atoms with Gasteiger partial charge in [0, 0.05) is 15.1 Å². The number of carbonyl (C=O) groups is 1. The molecule has 0 aliphatic rings. The number of halogens is 2. The molecule has 0 aliphatic heterocycles. The average Bonchev–Trinajstić information content (AvgIpc) is 3.21. The van der Waals surface area contributed by atoms with E-state index in [0.717, 1.165) is 4.47 Å². The van der Waals surface area contributed by atoms with E-state index in [1.165, 1.54) is 41.1 Å². The Hall–Kier alpha value is -3.01. The van der Waals surface area contributed by atoms with Gasteiger partial charge in [-0.2, -0.15) is 0 Å². The summed E-state index contributed by atoms with van der Waals surface area (Å²) < 4.78 is 28.9. The number of rotatable bonds is 5. The van der Waals surface area contributed by atoms with Crippen LogP contribution in [0.15, 0.2) is 87.2 Å². The smallest absolute Gasteiger partial charge is 0.335 e. The van der Waals surface area contributed by atoms with Crippen LogP contribution in [0, 0.1) is 0 Å². The summed E-state index contributed by atoms with van der Waals surface area (Å²) in [6.45, 7) is 0. The van der Waals surface area contributed by atoms with Gasteiger partial charge in [-0.3, -0.25) is 0 Å². The average molecular weight is 519 g/mol. The van der Waals surface area contributed by atoms with E-state index in [-0.39, 0.29) is 21.2 Å². The molecule has 0 radical (unpaired) electrons. The Morgan fingerprint density at radius 3 is 2.32 bits per heavy atom. The summed E-state index contributed by atoms with van der Waals surface area (Å²) in [7, 11) is -4.04. The Bertz CT molecular complexity index is 1390. The summed E-state index contributed by atoms with van der Waals surface area (Å²) in [5.41, 5.74) is 1.16. The quantitative estimate of drug-likeness (QED) is 0.404. The minimum atomic E-state index is -4.04. The molecule has 0 amide bonds. The highest BCUT2D eigenvalue weighted by Gasteiger charge is 2.29. The summed E-state index contributed by atoms with van der Waals surface area (Å²) in [4.78, 5) is 11.4. The second-order valence-corrected chi connectivity index (χ2v) is 9.69. The van der Waals surface area contributed by atoms with Gasteiger partial charge in [-0.25, -0.2) is 17.9 Å². The lowest BCUT2D eigenvalue weighted by Crippen LogP contribution is -2.06. The van der Waals surface area contributed by atoms with Crippen LogP contribution in [0.4, 0.5) is 0 Å². The molecule has 0 aliphatic carbocycles. The van der Waals surface area contributed by atoms with Crippen LogP contribution in [0.1, 0.15) is 10.4 Å². The van der Waals surface area contributed by atoms with Crippen molar-refractivity contribution in [3.8, 4) is 16.9 Å². The van der Waals surface area contributed by atoms with Crippen LogP contribution < -0.4 is 0 Å². The molecule has 1 aromatic heterocycles. The summed E-state index contributed by atoms with van der Waals surface area (Å²) in [6.07, 6.45) is 0. The Morgan fingerprint density at radius 2 is 1.68 bits per heavy atom. The van der Waals surface area contributed by atoms with Crippen molar-refractivity contribution < 1.29 is 18.3 Å². The van der Waals surface area contributed by atoms with Crippen molar-refractivity contribution >= 4 is 43.3 Å². The lowest BCUT2D eigenvalue weighted by atomic mass is 10.1. The van der Waals surface area contributed by atoms with Gasteiger partial charge in [0.05, 0.1) is 16.1 Å². The number of sulfone groups is 1. The van der Waals surface area contributed by atoms with Crippen LogP contribution in [-0.2, 0) is 9.84 Å². The number of carboxylic acids is 1. The zero-order chi connectivity index (χ0) is 22.2. The van der Waals surface area contributed by atoms with Gasteiger partial charge in [-0.15, -0.1) is 5.10 Å². The highest BCUT2D eigenvalue weighted by atomic mass is 79.9. The molecule has 10 heteroatoms. The third-order valence-corrected chi connectivity index (χ3v) is 6.93. The first-order chi connectivity index (χ1) is 14.8. The van der Waals surface area contributed by atoms with Gasteiger partial charge in [-0.1, -0.05) is 50.9 Å². The highest BCUT2D eigenvalue weighted by Crippen LogP contribution is 2.33. The van der Waals surface area contributed by atoms with Gasteiger partial charge < -0.3 is 5.11 Å². The van der Waals surface area contributed by atoms with Crippen molar-refractivity contribution in [2.45, 2.75) is 9.92 Å². The Kier molecular flexibility index (Phi) is 5.65. The number of carboxylic acid groups (broad SMARTS) is 1. The zero-order valence-electron chi connectivity index (χ0n) is 15.6. The number of hydrogen-bond donors (Lipinski definition) is 1. The van der Waals surface area contributed by atoms with Gasteiger partial charge in [0.1, 0.15) is 5.69 Å². The minimum Gasteiger partial charge on any atom is -0.478 e. The van der Waals surface area contributed by atoms with E-state index in [9.17, 15) is 18.3 Å². The van der Waals surface area contributed by atoms with Gasteiger partial charge >= 0.3 is 5.97 Å². The molecular weight excluding hydrogens is 506 g/mol. The maximum absolute atomic E-state index is 13.4. The van der Waals surface area contributed by atoms with Crippen LogP contribution in [0.2, 0.25) is 5.02 Å². The van der Waals surface area contributed by atoms with Crippen molar-refractivity contribution in [1.82, 2.24) is 15.0 Å². The molecule has 0 saturated heterocycles. The molecule has 7 nitrogen and oxygen atoms in total. The molecule has 0 bridgehead atoms. The third-order valence-electron chi connectivity index (χ3n) is 4.47. The topological polar surface area (TPSA) is 102 Å². The number of benzene rings is 3. The second-order valence-electron chi connectivity index (χ2n) is 6.47. The van der Waals surface area contributed by atoms with Crippen LogP contribution in [0.5, 0.6) is 0 Å². The third kappa shape index (κ3) is 4.12. The molecule has 1 heterocycles. The molecule has 4 aromatic rings. The van der Waals surface area contributed by atoms with E-state index in [1.54, 1.807) is 36.4 Å². The van der Waals surface area contributed by atoms with E-state index in [0.29, 0.717) is 16.3 Å². The fourth-order valence-corrected chi connectivity index (χ4v) is 4.69. The molecule has 156 valence electrons. The van der Waals surface area contributed by atoms with Crippen LogP contribution in [-0.4, -0.2) is 34.5 Å². The maximum atomic E-state index is 13.4. The fourth-order valence-electron chi connectivity index (χ4n) is 2.98. The van der Waals surface area contributed by atoms with Crippen LogP contribution >= 0.6 is 27.5 Å². The second kappa shape index (κ2) is 8.26. The number of aromatic carboxylic acids is 1. The molecule has 4 rings (SSSR count). The summed E-state index contributed by atoms with van der Waals surface area (Å²) in [5.74, 6) is -1.11. The van der Waals surface area contributed by atoms with Gasteiger partial charge in [0.2, 0.25) is 14.9 Å². The first-order valence-electron chi connectivity index (χ1n) is 8.83. The molecule has 31 heavy (non-hydrogen) atoms. The Morgan fingerprint density at radius 1 is 1.00 bits per heavy atom. The van der Waals surface area contributed by atoms with Crippen molar-refractivity contribution in [2.24, 2.45) is 0 Å². The standard InChI is InChI=1S/C21H13BrClN3O4S/c22-15-6-4-13(5-7-15)19-20(31(29,30)18-10-8-16(23)9-11-18)24-25-26(19)17-3-1-2-14(12-17)21(27)28/h1-12H,(H,27,28).